The Hall–Kier alpha value is -0.275. The minimum absolute atomic E-state index is 0.00694. The molecule has 0 radical (unpaired) electrons. The van der Waals surface area contributed by atoms with E-state index in [0.29, 0.717) is 0 Å². The highest BCUT2D eigenvalue weighted by Crippen LogP contribution is 2.03. The Morgan fingerprint density at radius 1 is 1.50 bits per heavy atom. The molecule has 1 fully saturated rings. The zero-order valence-electron chi connectivity index (χ0n) is 4.80. The Morgan fingerprint density at radius 2 is 2.12 bits per heavy atom. The molecule has 8 heavy (non-hydrogen) atoms. The fourth-order valence-corrected chi connectivity index (χ4v) is 0.679. The topological polar surface area (TPSA) is 18.5 Å². The highest BCUT2D eigenvalue weighted by Gasteiger charge is 2.20. The molecule has 3 heteroatoms. The quantitative estimate of drug-likeness (QED) is 0.386. The van der Waals surface area contributed by atoms with Crippen LogP contribution in [0, 0.1) is 0 Å². The van der Waals surface area contributed by atoms with E-state index in [1.807, 2.05) is 0 Å². The average molecular weight is 112 g/mol. The molecule has 44 valence electrons. The van der Waals surface area contributed by atoms with Crippen molar-refractivity contribution in [2.24, 2.45) is 0 Å². The summed E-state index contributed by atoms with van der Waals surface area (Å²) in [7, 11) is -0.00694. The summed E-state index contributed by atoms with van der Waals surface area (Å²) in [4.78, 5) is 0. The normalized spacial score (nSPS) is 19.2. The van der Waals surface area contributed by atoms with Gasteiger partial charge in [0.2, 0.25) is 0 Å². The van der Waals surface area contributed by atoms with Gasteiger partial charge in [0.25, 0.3) is 0 Å². The summed E-state index contributed by atoms with van der Waals surface area (Å²) in [6, 6.07) is 0. The van der Waals surface area contributed by atoms with Crippen molar-refractivity contribution in [1.29, 1.82) is 0 Å². The molecule has 1 heterocycles. The van der Waals surface area contributed by atoms with E-state index in [0.717, 1.165) is 19.5 Å². The smallest absolute Gasteiger partial charge is 0.409 e. The SMILES string of the molecule is C=CCB1OCCO1. The predicted molar refractivity (Wildman–Crippen MR) is 32.7 cm³/mol. The number of hydrogen-bond acceptors (Lipinski definition) is 2. The van der Waals surface area contributed by atoms with Crippen molar-refractivity contribution in [2.75, 3.05) is 13.2 Å². The van der Waals surface area contributed by atoms with Crippen molar-refractivity contribution in [2.45, 2.75) is 6.32 Å². The molecule has 0 bridgehead atoms. The molecule has 0 aliphatic carbocycles. The van der Waals surface area contributed by atoms with Crippen molar-refractivity contribution in [1.82, 2.24) is 0 Å². The van der Waals surface area contributed by atoms with Crippen LogP contribution in [0.25, 0.3) is 0 Å². The summed E-state index contributed by atoms with van der Waals surface area (Å²) in [5, 5.41) is 0. The van der Waals surface area contributed by atoms with Crippen molar-refractivity contribution < 1.29 is 9.31 Å². The van der Waals surface area contributed by atoms with Gasteiger partial charge in [-0.1, -0.05) is 6.08 Å². The van der Waals surface area contributed by atoms with Gasteiger partial charge in [0, 0.05) is 0 Å². The van der Waals surface area contributed by atoms with Crippen molar-refractivity contribution in [3.8, 4) is 0 Å². The van der Waals surface area contributed by atoms with Gasteiger partial charge >= 0.3 is 7.12 Å². The van der Waals surface area contributed by atoms with E-state index in [1.165, 1.54) is 0 Å². The van der Waals surface area contributed by atoms with E-state index in [4.69, 9.17) is 9.31 Å². The van der Waals surface area contributed by atoms with Crippen molar-refractivity contribution >= 4 is 7.12 Å². The highest BCUT2D eigenvalue weighted by molar-refractivity contribution is 6.45. The molecule has 1 aliphatic heterocycles. The molecule has 1 saturated heterocycles. The van der Waals surface area contributed by atoms with Crippen LogP contribution in [0.4, 0.5) is 0 Å². The average Bonchev–Trinajstić information content (AvgIpc) is 2.19. The molecule has 0 aromatic heterocycles. The third-order valence-electron chi connectivity index (χ3n) is 1.05. The molecule has 0 unspecified atom stereocenters. The summed E-state index contributed by atoms with van der Waals surface area (Å²) < 4.78 is 10.2. The lowest BCUT2D eigenvalue weighted by Crippen LogP contribution is -2.11. The largest absolute Gasteiger partial charge is 0.460 e. The summed E-state index contributed by atoms with van der Waals surface area (Å²) in [5.41, 5.74) is 0. The number of allylic oxidation sites excluding steroid dienone is 1. The Balaban J connectivity index is 2.14. The van der Waals surface area contributed by atoms with Gasteiger partial charge in [-0.15, -0.1) is 6.58 Å². The van der Waals surface area contributed by atoms with E-state index in [9.17, 15) is 0 Å². The summed E-state index contributed by atoms with van der Waals surface area (Å²) in [5.74, 6) is 0. The first-order valence-electron chi connectivity index (χ1n) is 2.77. The second-order valence-electron chi connectivity index (χ2n) is 1.70. The first-order valence-corrected chi connectivity index (χ1v) is 2.77. The van der Waals surface area contributed by atoms with E-state index in [2.05, 4.69) is 6.58 Å². The lowest BCUT2D eigenvalue weighted by atomic mass is 9.86. The highest BCUT2D eigenvalue weighted by atomic mass is 16.6. The zero-order chi connectivity index (χ0) is 5.82. The van der Waals surface area contributed by atoms with Gasteiger partial charge in [-0.3, -0.25) is 0 Å². The number of rotatable bonds is 2. The van der Waals surface area contributed by atoms with E-state index in [1.54, 1.807) is 6.08 Å². The van der Waals surface area contributed by atoms with Crippen molar-refractivity contribution in [3.05, 3.63) is 12.7 Å². The molecule has 0 spiro atoms. The van der Waals surface area contributed by atoms with Crippen LogP contribution in [0.3, 0.4) is 0 Å². The van der Waals surface area contributed by atoms with Crippen LogP contribution in [0.1, 0.15) is 0 Å². The first-order chi connectivity index (χ1) is 3.93. The fourth-order valence-electron chi connectivity index (χ4n) is 0.679. The van der Waals surface area contributed by atoms with Gasteiger partial charge in [0.05, 0.1) is 13.2 Å². The van der Waals surface area contributed by atoms with Crippen LogP contribution >= 0.6 is 0 Å². The molecule has 0 N–H and O–H groups in total. The molecule has 1 rings (SSSR count). The molecule has 0 amide bonds. The Morgan fingerprint density at radius 3 is 2.62 bits per heavy atom. The van der Waals surface area contributed by atoms with E-state index < -0.39 is 0 Å². The van der Waals surface area contributed by atoms with E-state index in [-0.39, 0.29) is 7.12 Å². The summed E-state index contributed by atoms with van der Waals surface area (Å²) >= 11 is 0. The minimum Gasteiger partial charge on any atom is -0.409 e. The van der Waals surface area contributed by atoms with Crippen LogP contribution in [0.5, 0.6) is 0 Å². The number of hydrogen-bond donors (Lipinski definition) is 0. The third kappa shape index (κ3) is 1.35. The van der Waals surface area contributed by atoms with Crippen LogP contribution < -0.4 is 0 Å². The van der Waals surface area contributed by atoms with Gasteiger partial charge in [0.15, 0.2) is 0 Å². The Kier molecular flexibility index (Phi) is 2.12. The molecule has 2 nitrogen and oxygen atoms in total. The Bertz CT molecular complexity index is 78.5. The van der Waals surface area contributed by atoms with Crippen LogP contribution in [0.2, 0.25) is 6.32 Å². The summed E-state index contributed by atoms with van der Waals surface area (Å²) in [6.45, 7) is 5.03. The molecule has 0 saturated carbocycles. The molecule has 0 aromatic carbocycles. The molecule has 1 aliphatic rings. The monoisotopic (exact) mass is 112 g/mol. The Labute approximate surface area is 49.6 Å². The van der Waals surface area contributed by atoms with Gasteiger partial charge < -0.3 is 9.31 Å². The molecular weight excluding hydrogens is 103 g/mol. The minimum atomic E-state index is -0.00694. The van der Waals surface area contributed by atoms with Crippen LogP contribution in [-0.2, 0) is 9.31 Å². The maximum absolute atomic E-state index is 5.10. The second kappa shape index (κ2) is 2.90. The van der Waals surface area contributed by atoms with Gasteiger partial charge in [0.1, 0.15) is 0 Å². The van der Waals surface area contributed by atoms with Gasteiger partial charge in [-0.2, -0.15) is 0 Å². The maximum atomic E-state index is 5.10. The van der Waals surface area contributed by atoms with Crippen LogP contribution in [0.15, 0.2) is 12.7 Å². The van der Waals surface area contributed by atoms with Gasteiger partial charge in [-0.25, -0.2) is 0 Å². The predicted octanol–water partition coefficient (Wildman–Crippen LogP) is 0.707. The summed E-state index contributed by atoms with van der Waals surface area (Å²) in [6.07, 6.45) is 2.61. The molecule has 0 aromatic rings. The molecular formula is C5H9BO2. The van der Waals surface area contributed by atoms with E-state index >= 15 is 0 Å². The second-order valence-corrected chi connectivity index (χ2v) is 1.70. The lowest BCUT2D eigenvalue weighted by Gasteiger charge is -1.95. The first kappa shape index (κ1) is 5.85. The zero-order valence-corrected chi connectivity index (χ0v) is 4.80. The van der Waals surface area contributed by atoms with Crippen molar-refractivity contribution in [3.63, 3.8) is 0 Å². The fraction of sp³-hybridized carbons (Fsp3) is 0.600. The standard InChI is InChI=1S/C5H9BO2/c1-2-3-6-7-4-5-8-6/h2H,1,3-5H2. The molecule has 0 atom stereocenters. The third-order valence-corrected chi connectivity index (χ3v) is 1.05. The van der Waals surface area contributed by atoms with Crippen LogP contribution in [-0.4, -0.2) is 20.3 Å². The lowest BCUT2D eigenvalue weighted by molar-refractivity contribution is 0.365. The van der Waals surface area contributed by atoms with Gasteiger partial charge in [-0.05, 0) is 6.32 Å². The maximum Gasteiger partial charge on any atom is 0.460 e.